The van der Waals surface area contributed by atoms with Gasteiger partial charge >= 0.3 is 0 Å². The average Bonchev–Trinajstić information content (AvgIpc) is 1.94. The van der Waals surface area contributed by atoms with Gasteiger partial charge in [0.25, 0.3) is 0 Å². The van der Waals surface area contributed by atoms with Crippen LogP contribution in [-0.4, -0.2) is 5.84 Å². The van der Waals surface area contributed by atoms with E-state index in [0.717, 1.165) is 10.0 Å². The molecule has 1 aromatic carbocycles. The molecule has 0 saturated heterocycles. The lowest BCUT2D eigenvalue weighted by Gasteiger charge is -2.02. The Labute approximate surface area is 84.4 Å². The fourth-order valence-corrected chi connectivity index (χ4v) is 1.69. The summed E-state index contributed by atoms with van der Waals surface area (Å²) >= 11 is 9.08. The maximum atomic E-state index is 7.11. The highest BCUT2D eigenvalue weighted by Crippen LogP contribution is 2.21. The molecule has 0 bridgehead atoms. The Morgan fingerprint density at radius 2 is 2.25 bits per heavy atom. The number of halogens is 2. The Morgan fingerprint density at radius 1 is 1.58 bits per heavy atom. The molecule has 0 atom stereocenters. The van der Waals surface area contributed by atoms with E-state index < -0.39 is 0 Å². The Hall–Kier alpha value is -0.540. The highest BCUT2D eigenvalue weighted by atomic mass is 79.9. The number of amidine groups is 1. The van der Waals surface area contributed by atoms with Crippen molar-refractivity contribution in [3.05, 3.63) is 33.3 Å². The number of nitrogens with two attached hydrogens (primary N) is 1. The summed E-state index contributed by atoms with van der Waals surface area (Å²) in [6, 6.07) is 5.43. The second kappa shape index (κ2) is 3.92. The van der Waals surface area contributed by atoms with Crippen LogP contribution >= 0.6 is 27.5 Å². The molecular weight excluding hydrogens is 239 g/mol. The number of nitrogens with one attached hydrogen (secondary N) is 1. The molecule has 0 spiro atoms. The molecule has 4 heteroatoms. The van der Waals surface area contributed by atoms with E-state index >= 15 is 0 Å². The van der Waals surface area contributed by atoms with Crippen molar-refractivity contribution in [3.8, 4) is 0 Å². The fourth-order valence-electron chi connectivity index (χ4n) is 0.870. The van der Waals surface area contributed by atoms with Crippen molar-refractivity contribution in [2.75, 3.05) is 0 Å². The van der Waals surface area contributed by atoms with Crippen LogP contribution in [0, 0.1) is 5.41 Å². The molecule has 0 saturated carbocycles. The normalized spacial score (nSPS) is 9.83. The van der Waals surface area contributed by atoms with Crippen LogP contribution in [0.25, 0.3) is 0 Å². The van der Waals surface area contributed by atoms with Crippen molar-refractivity contribution >= 4 is 33.4 Å². The van der Waals surface area contributed by atoms with Gasteiger partial charge in [-0.15, -0.1) is 0 Å². The molecule has 0 amide bonds. The largest absolute Gasteiger partial charge is 0.387 e. The van der Waals surface area contributed by atoms with Crippen molar-refractivity contribution in [1.82, 2.24) is 0 Å². The predicted octanol–water partition coefficient (Wildman–Crippen LogP) is 2.58. The van der Waals surface area contributed by atoms with Gasteiger partial charge in [0, 0.05) is 15.9 Å². The molecule has 64 valence electrons. The molecule has 0 radical (unpaired) electrons. The van der Waals surface area contributed by atoms with Crippen molar-refractivity contribution in [1.29, 1.82) is 5.41 Å². The molecule has 0 aliphatic rings. The maximum Gasteiger partial charge on any atom is 0.0950 e. The summed E-state index contributed by atoms with van der Waals surface area (Å²) in [4.78, 5) is 0. The van der Waals surface area contributed by atoms with Crippen LogP contribution in [-0.2, 0) is 6.42 Å². The Bertz CT molecular complexity index is 312. The maximum absolute atomic E-state index is 7.11. The first-order valence-electron chi connectivity index (χ1n) is 3.36. The molecule has 0 aliphatic heterocycles. The van der Waals surface area contributed by atoms with Gasteiger partial charge in [0.2, 0.25) is 0 Å². The van der Waals surface area contributed by atoms with E-state index in [9.17, 15) is 0 Å². The molecule has 3 N–H and O–H groups in total. The van der Waals surface area contributed by atoms with Gasteiger partial charge in [-0.2, -0.15) is 0 Å². The molecule has 1 rings (SSSR count). The quantitative estimate of drug-likeness (QED) is 0.612. The number of benzene rings is 1. The zero-order valence-corrected chi connectivity index (χ0v) is 8.61. The van der Waals surface area contributed by atoms with Gasteiger partial charge < -0.3 is 5.73 Å². The van der Waals surface area contributed by atoms with Crippen LogP contribution in [0.1, 0.15) is 5.56 Å². The summed E-state index contributed by atoms with van der Waals surface area (Å²) in [6.07, 6.45) is 0.456. The van der Waals surface area contributed by atoms with Crippen molar-refractivity contribution in [2.45, 2.75) is 6.42 Å². The van der Waals surface area contributed by atoms with Crippen LogP contribution < -0.4 is 5.73 Å². The third-order valence-corrected chi connectivity index (χ3v) is 2.37. The summed E-state index contributed by atoms with van der Waals surface area (Å²) in [7, 11) is 0. The lowest BCUT2D eigenvalue weighted by atomic mass is 10.1. The summed E-state index contributed by atoms with van der Waals surface area (Å²) < 4.78 is 0.894. The minimum absolute atomic E-state index is 0.151. The summed E-state index contributed by atoms with van der Waals surface area (Å²) in [6.45, 7) is 0. The number of hydrogen-bond acceptors (Lipinski definition) is 1. The van der Waals surface area contributed by atoms with Gasteiger partial charge in [-0.1, -0.05) is 33.6 Å². The van der Waals surface area contributed by atoms with E-state index in [4.69, 9.17) is 22.7 Å². The molecule has 2 nitrogen and oxygen atoms in total. The van der Waals surface area contributed by atoms with Crippen molar-refractivity contribution in [3.63, 3.8) is 0 Å². The molecule has 0 heterocycles. The third-order valence-electron chi connectivity index (χ3n) is 1.40. The van der Waals surface area contributed by atoms with E-state index in [2.05, 4.69) is 15.9 Å². The van der Waals surface area contributed by atoms with Gasteiger partial charge in [0.05, 0.1) is 5.84 Å². The first-order chi connectivity index (χ1) is 5.59. The van der Waals surface area contributed by atoms with Crippen molar-refractivity contribution < 1.29 is 0 Å². The predicted molar refractivity (Wildman–Crippen MR) is 54.8 cm³/mol. The second-order valence-electron chi connectivity index (χ2n) is 2.44. The Kier molecular flexibility index (Phi) is 3.12. The summed E-state index contributed by atoms with van der Waals surface area (Å²) in [5.41, 5.74) is 6.24. The molecule has 0 unspecified atom stereocenters. The topological polar surface area (TPSA) is 49.9 Å². The van der Waals surface area contributed by atoms with Crippen LogP contribution in [0.4, 0.5) is 0 Å². The standard InChI is InChI=1S/C8H8BrClN2/c9-7-4-6(10)2-1-5(7)3-8(11)12/h1-2,4H,3H2,(H3,11,12). The smallest absolute Gasteiger partial charge is 0.0950 e. The second-order valence-corrected chi connectivity index (χ2v) is 3.73. The highest BCUT2D eigenvalue weighted by Gasteiger charge is 2.01. The first kappa shape index (κ1) is 9.55. The molecule has 1 aromatic rings. The molecule has 0 fully saturated rings. The molecule has 0 aromatic heterocycles. The van der Waals surface area contributed by atoms with Crippen molar-refractivity contribution in [2.24, 2.45) is 5.73 Å². The SMILES string of the molecule is N=C(N)Cc1ccc(Cl)cc1Br. The zero-order chi connectivity index (χ0) is 9.14. The van der Waals surface area contributed by atoms with Gasteiger partial charge in [-0.3, -0.25) is 5.41 Å². The van der Waals surface area contributed by atoms with Gasteiger partial charge in [-0.05, 0) is 17.7 Å². The zero-order valence-electron chi connectivity index (χ0n) is 6.27. The van der Waals surface area contributed by atoms with E-state index in [1.807, 2.05) is 6.07 Å². The van der Waals surface area contributed by atoms with E-state index in [0.29, 0.717) is 11.4 Å². The molecule has 12 heavy (non-hydrogen) atoms. The van der Waals surface area contributed by atoms with Gasteiger partial charge in [0.1, 0.15) is 0 Å². The Balaban J connectivity index is 2.93. The first-order valence-corrected chi connectivity index (χ1v) is 4.53. The van der Waals surface area contributed by atoms with Crippen LogP contribution in [0.15, 0.2) is 22.7 Å². The van der Waals surface area contributed by atoms with Crippen LogP contribution in [0.3, 0.4) is 0 Å². The summed E-state index contributed by atoms with van der Waals surface area (Å²) in [5, 5.41) is 7.78. The summed E-state index contributed by atoms with van der Waals surface area (Å²) in [5.74, 6) is 0.151. The Morgan fingerprint density at radius 3 is 2.75 bits per heavy atom. The fraction of sp³-hybridized carbons (Fsp3) is 0.125. The minimum atomic E-state index is 0.151. The minimum Gasteiger partial charge on any atom is -0.387 e. The van der Waals surface area contributed by atoms with E-state index in [1.54, 1.807) is 12.1 Å². The monoisotopic (exact) mass is 246 g/mol. The van der Waals surface area contributed by atoms with E-state index in [1.165, 1.54) is 0 Å². The number of rotatable bonds is 2. The molecular formula is C8H8BrClN2. The lowest BCUT2D eigenvalue weighted by Crippen LogP contribution is -2.12. The van der Waals surface area contributed by atoms with E-state index in [-0.39, 0.29) is 5.84 Å². The average molecular weight is 248 g/mol. The van der Waals surface area contributed by atoms with Crippen LogP contribution in [0.2, 0.25) is 5.02 Å². The molecule has 0 aliphatic carbocycles. The number of hydrogen-bond donors (Lipinski definition) is 2. The lowest BCUT2D eigenvalue weighted by molar-refractivity contribution is 1.23. The highest BCUT2D eigenvalue weighted by molar-refractivity contribution is 9.10. The van der Waals surface area contributed by atoms with Gasteiger partial charge in [-0.25, -0.2) is 0 Å². The van der Waals surface area contributed by atoms with Crippen LogP contribution in [0.5, 0.6) is 0 Å². The van der Waals surface area contributed by atoms with Gasteiger partial charge in [0.15, 0.2) is 0 Å². The third kappa shape index (κ3) is 2.50.